The molecular weight excluding hydrogens is 526 g/mol. The predicted molar refractivity (Wildman–Crippen MR) is 140 cm³/mol. The zero-order chi connectivity index (χ0) is 25.8. The second kappa shape index (κ2) is 9.43. The van der Waals surface area contributed by atoms with E-state index in [0.29, 0.717) is 12.1 Å². The molecule has 0 radical (unpaired) electrons. The first-order valence-electron chi connectivity index (χ1n) is 12.5. The number of ether oxygens (including phenoxy) is 1. The van der Waals surface area contributed by atoms with E-state index in [1.807, 2.05) is 56.3 Å². The van der Waals surface area contributed by atoms with Crippen LogP contribution < -0.4 is 10.6 Å². The number of hydrogen-bond acceptors (Lipinski definition) is 5. The van der Waals surface area contributed by atoms with Gasteiger partial charge in [-0.15, -0.1) is 0 Å². The van der Waals surface area contributed by atoms with Gasteiger partial charge in [0.05, 0.1) is 30.6 Å². The number of likely N-dealkylation sites (tertiary alicyclic amines) is 1. The molecule has 0 saturated carbocycles. The van der Waals surface area contributed by atoms with Crippen molar-refractivity contribution in [1.29, 1.82) is 0 Å². The fourth-order valence-corrected chi connectivity index (χ4v) is 7.43. The summed E-state index contributed by atoms with van der Waals surface area (Å²) in [7, 11) is 1.54. The van der Waals surface area contributed by atoms with Crippen LogP contribution in [-0.2, 0) is 19.1 Å². The van der Waals surface area contributed by atoms with Gasteiger partial charge in [-0.1, -0.05) is 66.5 Å². The number of carbonyl (C=O) groups is 3. The Morgan fingerprint density at radius 3 is 2.61 bits per heavy atom. The lowest BCUT2D eigenvalue weighted by Gasteiger charge is -2.38. The van der Waals surface area contributed by atoms with Crippen LogP contribution in [-0.4, -0.2) is 70.0 Å². The molecule has 192 valence electrons. The average molecular weight is 558 g/mol. The van der Waals surface area contributed by atoms with Crippen LogP contribution in [0.3, 0.4) is 0 Å². The summed E-state index contributed by atoms with van der Waals surface area (Å²) in [6.07, 6.45) is 0.634. The smallest absolute Gasteiger partial charge is 0.250 e. The average Bonchev–Trinajstić information content (AvgIpc) is 3.47. The molecule has 0 aliphatic carbocycles. The summed E-state index contributed by atoms with van der Waals surface area (Å²) in [5.74, 6) is -2.51. The van der Waals surface area contributed by atoms with E-state index < -0.39 is 35.6 Å². The number of alkyl halides is 1. The van der Waals surface area contributed by atoms with Gasteiger partial charge in [0.15, 0.2) is 0 Å². The molecule has 3 N–H and O–H groups in total. The van der Waals surface area contributed by atoms with Gasteiger partial charge in [-0.25, -0.2) is 0 Å². The summed E-state index contributed by atoms with van der Waals surface area (Å²) in [4.78, 5) is 42.3. The number of aliphatic hydroxyl groups excluding tert-OH is 1. The minimum absolute atomic E-state index is 0.0550. The highest BCUT2D eigenvalue weighted by molar-refractivity contribution is 9.09. The van der Waals surface area contributed by atoms with E-state index >= 15 is 0 Å². The lowest BCUT2D eigenvalue weighted by Crippen LogP contribution is -2.57. The fourth-order valence-electron chi connectivity index (χ4n) is 6.48. The summed E-state index contributed by atoms with van der Waals surface area (Å²) in [6, 6.07) is 12.0. The Balaban J connectivity index is 1.57. The van der Waals surface area contributed by atoms with Crippen LogP contribution >= 0.6 is 15.9 Å². The second-order valence-electron chi connectivity index (χ2n) is 10.2. The van der Waals surface area contributed by atoms with E-state index in [9.17, 15) is 19.5 Å². The van der Waals surface area contributed by atoms with Crippen LogP contribution in [0.1, 0.15) is 26.7 Å². The van der Waals surface area contributed by atoms with E-state index in [0.717, 1.165) is 17.2 Å². The minimum Gasteiger partial charge on any atom is -0.394 e. The van der Waals surface area contributed by atoms with Crippen molar-refractivity contribution in [2.45, 2.75) is 55.3 Å². The molecule has 3 unspecified atom stereocenters. The quantitative estimate of drug-likeness (QED) is 0.453. The van der Waals surface area contributed by atoms with Gasteiger partial charge in [-0.05, 0) is 35.2 Å². The van der Waals surface area contributed by atoms with Gasteiger partial charge < -0.3 is 25.4 Å². The first-order valence-corrected chi connectivity index (χ1v) is 13.4. The summed E-state index contributed by atoms with van der Waals surface area (Å²) < 4.78 is 6.47. The molecule has 3 amide bonds. The maximum atomic E-state index is 14.0. The maximum Gasteiger partial charge on any atom is 0.250 e. The minimum atomic E-state index is -1.16. The third kappa shape index (κ3) is 3.66. The molecule has 2 aromatic rings. The number of halogens is 1. The number of nitrogens with one attached hydrogen (secondary N) is 2. The number of fused-ring (bicyclic) bond motifs is 2. The standard InChI is InChI=1S/C27H32BrN3O5/c1-4-14(2)19(13-32)31-23(25(34)30-17-10-9-15-7-5-6-8-16(15)11-17)27-12-18(28)22(36-27)20(24(33)29-3)21(27)26(31)35/h5-11,14,18-23,32H,4,12-13H2,1-3H3,(H,29,33)(H,30,34)/t14-,18?,19-,20+,21-,22+,23?,27?/m0/s1. The third-order valence-electron chi connectivity index (χ3n) is 8.39. The number of aliphatic hydroxyl groups is 1. The highest BCUT2D eigenvalue weighted by Crippen LogP contribution is 2.60. The Morgan fingerprint density at radius 1 is 1.22 bits per heavy atom. The zero-order valence-corrected chi connectivity index (χ0v) is 22.2. The Kier molecular flexibility index (Phi) is 6.59. The number of anilines is 1. The van der Waals surface area contributed by atoms with Gasteiger partial charge in [-0.2, -0.15) is 0 Å². The fraction of sp³-hybridized carbons (Fsp3) is 0.519. The van der Waals surface area contributed by atoms with Crippen molar-refractivity contribution in [3.8, 4) is 0 Å². The van der Waals surface area contributed by atoms with Gasteiger partial charge in [0.1, 0.15) is 11.6 Å². The zero-order valence-electron chi connectivity index (χ0n) is 20.6. The lowest BCUT2D eigenvalue weighted by atomic mass is 9.70. The lowest BCUT2D eigenvalue weighted by molar-refractivity contribution is -0.145. The Hall–Kier alpha value is -2.49. The van der Waals surface area contributed by atoms with Gasteiger partial charge >= 0.3 is 0 Å². The number of rotatable bonds is 7. The van der Waals surface area contributed by atoms with Crippen molar-refractivity contribution in [2.24, 2.45) is 17.8 Å². The van der Waals surface area contributed by atoms with E-state index in [2.05, 4.69) is 26.6 Å². The molecule has 3 aliphatic rings. The highest BCUT2D eigenvalue weighted by atomic mass is 79.9. The number of benzene rings is 2. The summed E-state index contributed by atoms with van der Waals surface area (Å²) in [5.41, 5.74) is -0.546. The van der Waals surface area contributed by atoms with Crippen LogP contribution in [0.5, 0.6) is 0 Å². The van der Waals surface area contributed by atoms with E-state index in [-0.39, 0.29) is 35.1 Å². The second-order valence-corrected chi connectivity index (χ2v) is 11.4. The van der Waals surface area contributed by atoms with Crippen molar-refractivity contribution < 1.29 is 24.2 Å². The molecule has 9 heteroatoms. The molecule has 3 fully saturated rings. The van der Waals surface area contributed by atoms with Crippen LogP contribution in [0.15, 0.2) is 42.5 Å². The number of carbonyl (C=O) groups excluding carboxylic acids is 3. The Morgan fingerprint density at radius 2 is 1.94 bits per heavy atom. The van der Waals surface area contributed by atoms with Crippen molar-refractivity contribution in [2.75, 3.05) is 19.0 Å². The Labute approximate surface area is 218 Å². The molecule has 5 rings (SSSR count). The molecule has 3 saturated heterocycles. The van der Waals surface area contributed by atoms with Gasteiger partial charge in [-0.3, -0.25) is 14.4 Å². The largest absolute Gasteiger partial charge is 0.394 e. The van der Waals surface area contributed by atoms with Crippen LogP contribution in [0, 0.1) is 17.8 Å². The monoisotopic (exact) mass is 557 g/mol. The van der Waals surface area contributed by atoms with E-state index in [1.165, 1.54) is 4.90 Å². The molecular formula is C27H32BrN3O5. The summed E-state index contributed by atoms with van der Waals surface area (Å²) in [6.45, 7) is 3.66. The molecule has 36 heavy (non-hydrogen) atoms. The first-order chi connectivity index (χ1) is 17.3. The molecule has 3 aliphatic heterocycles. The number of hydrogen-bond donors (Lipinski definition) is 3. The van der Waals surface area contributed by atoms with Crippen molar-refractivity contribution >= 4 is 50.1 Å². The van der Waals surface area contributed by atoms with Crippen molar-refractivity contribution in [3.63, 3.8) is 0 Å². The Bertz CT molecular complexity index is 1210. The van der Waals surface area contributed by atoms with E-state index in [1.54, 1.807) is 7.05 Å². The summed E-state index contributed by atoms with van der Waals surface area (Å²) >= 11 is 3.66. The molecule has 2 aromatic carbocycles. The molecule has 3 heterocycles. The van der Waals surface area contributed by atoms with Crippen LogP contribution in [0.4, 0.5) is 5.69 Å². The number of amides is 3. The SMILES string of the molecule is CC[C@H](C)[C@H](CO)N1C(=O)[C@@H]2[C@@H](C(=O)NC)[C@@H]3OC2(CC3Br)C1C(=O)Nc1ccc2ccccc2c1. The number of nitrogens with zero attached hydrogens (tertiary/aromatic N) is 1. The molecule has 8 nitrogen and oxygen atoms in total. The summed E-state index contributed by atoms with van der Waals surface area (Å²) in [5, 5.41) is 18.1. The van der Waals surface area contributed by atoms with Crippen LogP contribution in [0.25, 0.3) is 10.8 Å². The molecule has 8 atom stereocenters. The normalized spacial score (nSPS) is 32.4. The van der Waals surface area contributed by atoms with Crippen molar-refractivity contribution in [3.05, 3.63) is 42.5 Å². The van der Waals surface area contributed by atoms with Crippen LogP contribution in [0.2, 0.25) is 0 Å². The van der Waals surface area contributed by atoms with Gasteiger partial charge in [0.2, 0.25) is 17.7 Å². The first kappa shape index (κ1) is 25.2. The molecule has 2 bridgehead atoms. The third-order valence-corrected chi connectivity index (χ3v) is 9.23. The predicted octanol–water partition coefficient (Wildman–Crippen LogP) is 2.68. The highest BCUT2D eigenvalue weighted by Gasteiger charge is 2.77. The van der Waals surface area contributed by atoms with E-state index in [4.69, 9.17) is 4.74 Å². The molecule has 0 aromatic heterocycles. The van der Waals surface area contributed by atoms with Gasteiger partial charge in [0, 0.05) is 17.6 Å². The maximum absolute atomic E-state index is 14.0. The topological polar surface area (TPSA) is 108 Å². The molecule has 1 spiro atoms. The van der Waals surface area contributed by atoms with Gasteiger partial charge in [0.25, 0.3) is 0 Å². The van der Waals surface area contributed by atoms with Crippen molar-refractivity contribution in [1.82, 2.24) is 10.2 Å².